The molecule has 22 heavy (non-hydrogen) atoms. The quantitative estimate of drug-likeness (QED) is 0.594. The number of hydrogen-bond donors (Lipinski definition) is 3. The molecule has 1 heterocycles. The van der Waals surface area contributed by atoms with Crippen LogP contribution in [0.5, 0.6) is 0 Å². The number of carboxylic acids is 1. The summed E-state index contributed by atoms with van der Waals surface area (Å²) in [5.74, 6) is -2.43. The van der Waals surface area contributed by atoms with Crippen molar-refractivity contribution in [1.82, 2.24) is 15.5 Å². The van der Waals surface area contributed by atoms with E-state index < -0.39 is 41.9 Å². The minimum atomic E-state index is -1.15. The number of carboxylic acid groups (broad SMARTS) is 1. The lowest BCUT2D eigenvalue weighted by Gasteiger charge is -2.22. The number of carbonyl (C=O) groups excluding carboxylic acids is 3. The van der Waals surface area contributed by atoms with Crippen molar-refractivity contribution in [3.63, 3.8) is 0 Å². The molecule has 0 aromatic carbocycles. The van der Waals surface area contributed by atoms with Crippen LogP contribution in [0.2, 0.25) is 0 Å². The molecule has 0 bridgehead atoms. The van der Waals surface area contributed by atoms with Crippen LogP contribution in [0.3, 0.4) is 0 Å². The van der Waals surface area contributed by atoms with Crippen molar-refractivity contribution in [2.75, 3.05) is 6.54 Å². The molecule has 2 rings (SSSR count). The third-order valence-electron chi connectivity index (χ3n) is 4.25. The molecule has 0 spiro atoms. The van der Waals surface area contributed by atoms with Crippen LogP contribution in [-0.4, -0.2) is 51.9 Å². The van der Waals surface area contributed by atoms with Gasteiger partial charge in [-0.25, -0.2) is 9.59 Å². The summed E-state index contributed by atoms with van der Waals surface area (Å²) in [6.45, 7) is 4.52. The minimum Gasteiger partial charge on any atom is -0.480 e. The summed E-state index contributed by atoms with van der Waals surface area (Å²) < 4.78 is 0. The molecule has 2 aliphatic rings. The maximum Gasteiger partial charge on any atom is 0.326 e. The number of aliphatic carboxylic acids is 1. The molecule has 0 unspecified atom stereocenters. The smallest absolute Gasteiger partial charge is 0.326 e. The van der Waals surface area contributed by atoms with E-state index in [1.807, 2.05) is 0 Å². The molecule has 8 heteroatoms. The van der Waals surface area contributed by atoms with Gasteiger partial charge in [-0.15, -0.1) is 0 Å². The summed E-state index contributed by atoms with van der Waals surface area (Å²) in [7, 11) is 0. The first kappa shape index (κ1) is 16.3. The maximum absolute atomic E-state index is 12.4. The van der Waals surface area contributed by atoms with E-state index in [9.17, 15) is 19.2 Å². The van der Waals surface area contributed by atoms with Gasteiger partial charge in [0.1, 0.15) is 18.1 Å². The number of urea groups is 1. The second-order valence-corrected chi connectivity index (χ2v) is 6.43. The maximum atomic E-state index is 12.4. The normalized spacial score (nSPS) is 26.1. The highest BCUT2D eigenvalue weighted by molar-refractivity contribution is 6.09. The Kier molecular flexibility index (Phi) is 4.12. The van der Waals surface area contributed by atoms with Gasteiger partial charge in [-0.3, -0.25) is 14.5 Å². The van der Waals surface area contributed by atoms with Gasteiger partial charge in [0.2, 0.25) is 5.91 Å². The lowest BCUT2D eigenvalue weighted by Crippen LogP contribution is -2.50. The lowest BCUT2D eigenvalue weighted by molar-refractivity contribution is -0.143. The van der Waals surface area contributed by atoms with E-state index in [0.717, 1.165) is 17.7 Å². The summed E-state index contributed by atoms with van der Waals surface area (Å²) in [5, 5.41) is 14.0. The van der Waals surface area contributed by atoms with Crippen LogP contribution in [0.25, 0.3) is 0 Å². The molecule has 0 aromatic rings. The van der Waals surface area contributed by atoms with Crippen LogP contribution in [0.1, 0.15) is 33.6 Å². The molecule has 1 aliphatic heterocycles. The number of rotatable bonds is 6. The molecule has 0 radical (unpaired) electrons. The number of nitrogens with one attached hydrogen (secondary N) is 2. The number of hydrogen-bond acceptors (Lipinski definition) is 4. The number of imide groups is 1. The molecule has 1 aliphatic carbocycles. The minimum absolute atomic E-state index is 0.111. The Morgan fingerprint density at radius 1 is 1.41 bits per heavy atom. The van der Waals surface area contributed by atoms with Crippen molar-refractivity contribution in [1.29, 1.82) is 0 Å². The van der Waals surface area contributed by atoms with Gasteiger partial charge < -0.3 is 15.7 Å². The van der Waals surface area contributed by atoms with Crippen molar-refractivity contribution in [3.05, 3.63) is 0 Å². The largest absolute Gasteiger partial charge is 0.480 e. The zero-order valence-corrected chi connectivity index (χ0v) is 12.9. The van der Waals surface area contributed by atoms with Gasteiger partial charge in [0.25, 0.3) is 5.91 Å². The Balaban J connectivity index is 2.01. The van der Waals surface area contributed by atoms with Gasteiger partial charge in [0.15, 0.2) is 0 Å². The van der Waals surface area contributed by atoms with E-state index in [-0.39, 0.29) is 11.8 Å². The van der Waals surface area contributed by atoms with E-state index in [1.54, 1.807) is 20.8 Å². The summed E-state index contributed by atoms with van der Waals surface area (Å²) in [6, 6.07) is -1.66. The van der Waals surface area contributed by atoms with Gasteiger partial charge in [-0.05, 0) is 31.6 Å². The van der Waals surface area contributed by atoms with Gasteiger partial charge in [-0.1, -0.05) is 13.8 Å². The number of amides is 4. The van der Waals surface area contributed by atoms with Crippen molar-refractivity contribution < 1.29 is 24.3 Å². The van der Waals surface area contributed by atoms with Crippen LogP contribution in [0, 0.1) is 11.8 Å². The lowest BCUT2D eigenvalue weighted by atomic mass is 9.96. The molecule has 4 amide bonds. The average molecular weight is 311 g/mol. The zero-order valence-electron chi connectivity index (χ0n) is 12.9. The predicted octanol–water partition coefficient (Wildman–Crippen LogP) is -0.0677. The van der Waals surface area contributed by atoms with Crippen molar-refractivity contribution in [3.8, 4) is 0 Å². The summed E-state index contributed by atoms with van der Waals surface area (Å²) in [5.41, 5.74) is -0.943. The fraction of sp³-hybridized carbons (Fsp3) is 0.714. The van der Waals surface area contributed by atoms with Gasteiger partial charge in [0, 0.05) is 0 Å². The standard InChI is InChI=1S/C14H21N3O5/c1-7(2)10(11(19)20)15-9(18)6-17-12(21)14(3,8-4-5-8)16-13(17)22/h7-8,10H,4-6H2,1-3H3,(H,15,18)(H,16,22)(H,19,20)/t10-,14-/m1/s1. The van der Waals surface area contributed by atoms with Crippen LogP contribution >= 0.6 is 0 Å². The van der Waals surface area contributed by atoms with Crippen LogP contribution in [0.15, 0.2) is 0 Å². The fourth-order valence-electron chi connectivity index (χ4n) is 2.67. The van der Waals surface area contributed by atoms with Crippen LogP contribution < -0.4 is 10.6 Å². The van der Waals surface area contributed by atoms with Crippen LogP contribution in [0.4, 0.5) is 4.79 Å². The Labute approximate surface area is 128 Å². The van der Waals surface area contributed by atoms with E-state index >= 15 is 0 Å². The predicted molar refractivity (Wildman–Crippen MR) is 75.8 cm³/mol. The number of carbonyl (C=O) groups is 4. The summed E-state index contributed by atoms with van der Waals surface area (Å²) >= 11 is 0. The molecule has 3 N–H and O–H groups in total. The summed E-state index contributed by atoms with van der Waals surface area (Å²) in [4.78, 5) is 48.2. The van der Waals surface area contributed by atoms with Gasteiger partial charge >= 0.3 is 12.0 Å². The topological polar surface area (TPSA) is 116 Å². The van der Waals surface area contributed by atoms with Gasteiger partial charge in [0.05, 0.1) is 0 Å². The highest BCUT2D eigenvalue weighted by Gasteiger charge is 2.56. The second-order valence-electron chi connectivity index (χ2n) is 6.43. The van der Waals surface area contributed by atoms with Crippen molar-refractivity contribution in [2.45, 2.75) is 45.2 Å². The highest BCUT2D eigenvalue weighted by Crippen LogP contribution is 2.42. The first-order valence-corrected chi connectivity index (χ1v) is 7.33. The van der Waals surface area contributed by atoms with Crippen molar-refractivity contribution >= 4 is 23.8 Å². The van der Waals surface area contributed by atoms with E-state index in [4.69, 9.17) is 5.11 Å². The molecule has 1 saturated heterocycles. The molecular weight excluding hydrogens is 290 g/mol. The third-order valence-corrected chi connectivity index (χ3v) is 4.25. The highest BCUT2D eigenvalue weighted by atomic mass is 16.4. The van der Waals surface area contributed by atoms with E-state index in [2.05, 4.69) is 10.6 Å². The molecule has 2 atom stereocenters. The fourth-order valence-corrected chi connectivity index (χ4v) is 2.67. The number of nitrogens with zero attached hydrogens (tertiary/aromatic N) is 1. The molecule has 0 aromatic heterocycles. The molecule has 122 valence electrons. The molecule has 2 fully saturated rings. The Morgan fingerprint density at radius 3 is 2.45 bits per heavy atom. The molecule has 8 nitrogen and oxygen atoms in total. The van der Waals surface area contributed by atoms with E-state index in [0.29, 0.717) is 0 Å². The first-order valence-electron chi connectivity index (χ1n) is 7.33. The van der Waals surface area contributed by atoms with Gasteiger partial charge in [-0.2, -0.15) is 0 Å². The Morgan fingerprint density at radius 2 is 2.00 bits per heavy atom. The summed E-state index contributed by atoms with van der Waals surface area (Å²) in [6.07, 6.45) is 1.74. The average Bonchev–Trinajstić information content (AvgIpc) is 3.22. The molecular formula is C14H21N3O5. The third kappa shape index (κ3) is 2.90. The van der Waals surface area contributed by atoms with E-state index in [1.165, 1.54) is 0 Å². The van der Waals surface area contributed by atoms with Crippen molar-refractivity contribution in [2.24, 2.45) is 11.8 Å². The monoisotopic (exact) mass is 311 g/mol. The Hall–Kier alpha value is -2.12. The first-order chi connectivity index (χ1) is 10.2. The molecule has 1 saturated carbocycles. The zero-order chi connectivity index (χ0) is 16.7. The van der Waals surface area contributed by atoms with Crippen LogP contribution in [-0.2, 0) is 14.4 Å². The SMILES string of the molecule is CC(C)[C@@H](NC(=O)CN1C(=O)N[C@](C)(C2CC2)C1=O)C(=O)O. The second kappa shape index (κ2) is 5.58. The Bertz CT molecular complexity index is 529.